The van der Waals surface area contributed by atoms with Crippen LogP contribution in [0.2, 0.25) is 0 Å². The fraction of sp³-hybridized carbons (Fsp3) is 0.556. The first-order chi connectivity index (χ1) is 5.88. The van der Waals surface area contributed by atoms with E-state index in [1.54, 1.807) is 0 Å². The Balaban J connectivity index is 2.04. The highest BCUT2D eigenvalue weighted by atomic mass is 16.5. The van der Waals surface area contributed by atoms with Gasteiger partial charge in [-0.2, -0.15) is 0 Å². The summed E-state index contributed by atoms with van der Waals surface area (Å²) in [5.74, 6) is 0.267. The van der Waals surface area contributed by atoms with Gasteiger partial charge in [0, 0.05) is 24.4 Å². The monoisotopic (exact) mass is 167 g/mol. The average Bonchev–Trinajstić information content (AvgIpc) is 2.77. The molecular formula is C9H13NO2. The third-order valence-electron chi connectivity index (χ3n) is 2.35. The molecule has 3 heteroatoms. The Bertz CT molecular complexity index is 227. The number of aliphatic hydroxyl groups is 1. The lowest BCUT2D eigenvalue weighted by atomic mass is 9.99. The average molecular weight is 167 g/mol. The van der Waals surface area contributed by atoms with Crippen molar-refractivity contribution in [3.63, 3.8) is 0 Å². The number of aromatic nitrogens is 1. The van der Waals surface area contributed by atoms with Gasteiger partial charge in [0.2, 0.25) is 0 Å². The maximum atomic E-state index is 9.80. The van der Waals surface area contributed by atoms with E-state index in [0.29, 0.717) is 6.61 Å². The van der Waals surface area contributed by atoms with Crippen molar-refractivity contribution in [2.75, 3.05) is 13.2 Å². The predicted molar refractivity (Wildman–Crippen MR) is 44.7 cm³/mol. The van der Waals surface area contributed by atoms with Gasteiger partial charge in [-0.05, 0) is 18.6 Å². The van der Waals surface area contributed by atoms with Gasteiger partial charge >= 0.3 is 0 Å². The zero-order chi connectivity index (χ0) is 8.39. The molecule has 2 atom stereocenters. The molecule has 2 heterocycles. The molecule has 12 heavy (non-hydrogen) atoms. The van der Waals surface area contributed by atoms with Gasteiger partial charge in [-0.3, -0.25) is 0 Å². The maximum Gasteiger partial charge on any atom is 0.0988 e. The van der Waals surface area contributed by atoms with Crippen LogP contribution < -0.4 is 0 Å². The van der Waals surface area contributed by atoms with E-state index in [-0.39, 0.29) is 12.0 Å². The minimum absolute atomic E-state index is 0.267. The molecular weight excluding hydrogens is 154 g/mol. The number of H-pyrrole nitrogens is 1. The van der Waals surface area contributed by atoms with E-state index in [9.17, 15) is 5.11 Å². The summed E-state index contributed by atoms with van der Waals surface area (Å²) >= 11 is 0. The van der Waals surface area contributed by atoms with E-state index in [0.717, 1.165) is 18.7 Å². The van der Waals surface area contributed by atoms with Crippen molar-refractivity contribution in [3.05, 3.63) is 24.0 Å². The van der Waals surface area contributed by atoms with E-state index in [4.69, 9.17) is 4.74 Å². The van der Waals surface area contributed by atoms with E-state index in [2.05, 4.69) is 4.98 Å². The first-order valence-electron chi connectivity index (χ1n) is 4.27. The van der Waals surface area contributed by atoms with Gasteiger partial charge < -0.3 is 14.8 Å². The molecule has 2 rings (SSSR count). The molecule has 1 aliphatic heterocycles. The fourth-order valence-corrected chi connectivity index (χ4v) is 1.58. The number of hydrogen-bond acceptors (Lipinski definition) is 2. The van der Waals surface area contributed by atoms with E-state index >= 15 is 0 Å². The molecule has 3 nitrogen and oxygen atoms in total. The highest BCUT2D eigenvalue weighted by Crippen LogP contribution is 2.27. The fourth-order valence-electron chi connectivity index (χ4n) is 1.58. The number of hydrogen-bond donors (Lipinski definition) is 2. The predicted octanol–water partition coefficient (Wildman–Crippen LogP) is 1.08. The second kappa shape index (κ2) is 3.29. The number of aromatic amines is 1. The van der Waals surface area contributed by atoms with E-state index < -0.39 is 0 Å². The first-order valence-corrected chi connectivity index (χ1v) is 4.27. The van der Waals surface area contributed by atoms with Crippen molar-refractivity contribution in [2.24, 2.45) is 5.92 Å². The van der Waals surface area contributed by atoms with Gasteiger partial charge in [0.25, 0.3) is 0 Å². The summed E-state index contributed by atoms with van der Waals surface area (Å²) in [5, 5.41) is 9.80. The summed E-state index contributed by atoms with van der Waals surface area (Å²) in [6.07, 6.45) is 2.40. The summed E-state index contributed by atoms with van der Waals surface area (Å²) in [7, 11) is 0. The highest BCUT2D eigenvalue weighted by Gasteiger charge is 2.25. The Morgan fingerprint density at radius 2 is 2.58 bits per heavy atom. The first kappa shape index (κ1) is 7.83. The number of rotatable bonds is 2. The summed E-state index contributed by atoms with van der Waals surface area (Å²) in [6.45, 7) is 1.46. The quantitative estimate of drug-likeness (QED) is 0.692. The number of nitrogens with one attached hydrogen (secondary N) is 1. The number of aliphatic hydroxyl groups excluding tert-OH is 1. The van der Waals surface area contributed by atoms with Crippen molar-refractivity contribution in [3.8, 4) is 0 Å². The molecule has 1 aromatic rings. The van der Waals surface area contributed by atoms with Gasteiger partial charge in [0.1, 0.15) is 0 Å². The number of ether oxygens (including phenoxy) is 1. The topological polar surface area (TPSA) is 45.2 Å². The van der Waals surface area contributed by atoms with E-state index in [1.807, 2.05) is 18.3 Å². The van der Waals surface area contributed by atoms with Gasteiger partial charge in [-0.15, -0.1) is 0 Å². The van der Waals surface area contributed by atoms with Crippen LogP contribution >= 0.6 is 0 Å². The third-order valence-corrected chi connectivity index (χ3v) is 2.35. The zero-order valence-electron chi connectivity index (χ0n) is 6.86. The van der Waals surface area contributed by atoms with Crippen LogP contribution in [0.4, 0.5) is 0 Å². The Labute approximate surface area is 71.4 Å². The standard InChI is InChI=1S/C9H13NO2/c11-9(7-3-5-12-6-7)8-2-1-4-10-8/h1-2,4,7,9-11H,3,5-6H2. The molecule has 0 aliphatic carbocycles. The van der Waals surface area contributed by atoms with Crippen LogP contribution in [0.15, 0.2) is 18.3 Å². The van der Waals surface area contributed by atoms with Gasteiger partial charge in [0.05, 0.1) is 12.7 Å². The van der Waals surface area contributed by atoms with Gasteiger partial charge in [-0.25, -0.2) is 0 Å². The van der Waals surface area contributed by atoms with E-state index in [1.165, 1.54) is 0 Å². The normalized spacial score (nSPS) is 25.9. The van der Waals surface area contributed by atoms with Crippen LogP contribution in [0.25, 0.3) is 0 Å². The van der Waals surface area contributed by atoms with Crippen molar-refractivity contribution < 1.29 is 9.84 Å². The zero-order valence-corrected chi connectivity index (χ0v) is 6.86. The Kier molecular flexibility index (Phi) is 2.15. The SMILES string of the molecule is OC(c1ccc[nH]1)C1CCOC1. The molecule has 2 N–H and O–H groups in total. The Hall–Kier alpha value is -0.800. The lowest BCUT2D eigenvalue weighted by molar-refractivity contribution is 0.0889. The molecule has 1 aliphatic rings. The minimum atomic E-state index is -0.387. The molecule has 0 bridgehead atoms. The van der Waals surface area contributed by atoms with Crippen LogP contribution in [-0.2, 0) is 4.74 Å². The Morgan fingerprint density at radius 3 is 3.17 bits per heavy atom. The van der Waals surface area contributed by atoms with Crippen molar-refractivity contribution in [2.45, 2.75) is 12.5 Å². The largest absolute Gasteiger partial charge is 0.387 e. The summed E-state index contributed by atoms with van der Waals surface area (Å²) in [5.41, 5.74) is 0.894. The third kappa shape index (κ3) is 1.38. The molecule has 66 valence electrons. The summed E-state index contributed by atoms with van der Waals surface area (Å²) < 4.78 is 5.20. The summed E-state index contributed by atoms with van der Waals surface area (Å²) in [6, 6.07) is 3.80. The van der Waals surface area contributed by atoms with Crippen LogP contribution in [0.3, 0.4) is 0 Å². The molecule has 1 saturated heterocycles. The molecule has 1 fully saturated rings. The summed E-state index contributed by atoms with van der Waals surface area (Å²) in [4.78, 5) is 3.01. The molecule has 0 radical (unpaired) electrons. The van der Waals surface area contributed by atoms with Crippen molar-refractivity contribution in [1.82, 2.24) is 4.98 Å². The van der Waals surface area contributed by atoms with Crippen molar-refractivity contribution >= 4 is 0 Å². The molecule has 0 amide bonds. The van der Waals surface area contributed by atoms with Crippen LogP contribution in [-0.4, -0.2) is 23.3 Å². The molecule has 1 aromatic heterocycles. The van der Waals surface area contributed by atoms with Crippen LogP contribution in [0.5, 0.6) is 0 Å². The molecule has 0 spiro atoms. The van der Waals surface area contributed by atoms with Crippen molar-refractivity contribution in [1.29, 1.82) is 0 Å². The maximum absolute atomic E-state index is 9.80. The van der Waals surface area contributed by atoms with Crippen LogP contribution in [0, 0.1) is 5.92 Å². The van der Waals surface area contributed by atoms with Gasteiger partial charge in [-0.1, -0.05) is 0 Å². The van der Waals surface area contributed by atoms with Crippen LogP contribution in [0.1, 0.15) is 18.2 Å². The van der Waals surface area contributed by atoms with Gasteiger partial charge in [0.15, 0.2) is 0 Å². The lowest BCUT2D eigenvalue weighted by Gasteiger charge is -2.14. The molecule has 0 aromatic carbocycles. The smallest absolute Gasteiger partial charge is 0.0988 e. The Morgan fingerprint density at radius 1 is 1.67 bits per heavy atom. The molecule has 0 saturated carbocycles. The minimum Gasteiger partial charge on any atom is -0.387 e. The highest BCUT2D eigenvalue weighted by molar-refractivity contribution is 5.08. The second-order valence-electron chi connectivity index (χ2n) is 3.19. The lowest BCUT2D eigenvalue weighted by Crippen LogP contribution is -2.12. The molecule has 2 unspecified atom stereocenters. The second-order valence-corrected chi connectivity index (χ2v) is 3.19.